The van der Waals surface area contributed by atoms with Crippen LogP contribution in [-0.2, 0) is 6.42 Å². The minimum absolute atomic E-state index is 0. The highest BCUT2D eigenvalue weighted by molar-refractivity contribution is 14.0. The number of aromatic amines is 1. The fourth-order valence-corrected chi connectivity index (χ4v) is 3.14. The molecule has 9 heteroatoms. The molecule has 0 saturated carbocycles. The molecule has 1 aromatic carbocycles. The van der Waals surface area contributed by atoms with Gasteiger partial charge < -0.3 is 29.8 Å². The average molecular weight is 539 g/mol. The summed E-state index contributed by atoms with van der Waals surface area (Å²) in [7, 11) is 5.09. The maximum absolute atomic E-state index is 5.62. The van der Waals surface area contributed by atoms with Gasteiger partial charge in [-0.25, -0.2) is 0 Å². The van der Waals surface area contributed by atoms with Crippen molar-refractivity contribution in [3.8, 4) is 17.2 Å². The van der Waals surface area contributed by atoms with E-state index in [1.54, 1.807) is 33.7 Å². The lowest BCUT2D eigenvalue weighted by Gasteiger charge is -2.12. The summed E-state index contributed by atoms with van der Waals surface area (Å²) in [4.78, 5) is 11.7. The molecule has 0 aliphatic carbocycles. The van der Waals surface area contributed by atoms with Gasteiger partial charge in [0.25, 0.3) is 0 Å². The molecule has 0 spiro atoms. The number of fused-ring (bicyclic) bond motifs is 1. The van der Waals surface area contributed by atoms with Gasteiger partial charge in [0.15, 0.2) is 5.96 Å². The largest absolute Gasteiger partial charge is 0.497 e. The molecule has 8 nitrogen and oxygen atoms in total. The molecule has 3 rings (SSSR count). The van der Waals surface area contributed by atoms with Crippen molar-refractivity contribution in [2.75, 3.05) is 41.0 Å². The first-order valence-corrected chi connectivity index (χ1v) is 9.94. The summed E-state index contributed by atoms with van der Waals surface area (Å²) in [5.41, 5.74) is 2.17. The first-order valence-electron chi connectivity index (χ1n) is 9.94. The van der Waals surface area contributed by atoms with E-state index in [2.05, 4.69) is 31.7 Å². The predicted octanol–water partition coefficient (Wildman–Crippen LogP) is 3.37. The van der Waals surface area contributed by atoms with Crippen molar-refractivity contribution >= 4 is 40.8 Å². The average Bonchev–Trinajstić information content (AvgIpc) is 3.20. The second-order valence-corrected chi connectivity index (χ2v) is 6.65. The Morgan fingerprint density at radius 2 is 1.94 bits per heavy atom. The summed E-state index contributed by atoms with van der Waals surface area (Å²) in [5, 5.41) is 7.63. The fraction of sp³-hybridized carbons (Fsp3) is 0.364. The maximum Gasteiger partial charge on any atom is 0.191 e. The van der Waals surface area contributed by atoms with Crippen LogP contribution in [0.4, 0.5) is 0 Å². The van der Waals surface area contributed by atoms with Crippen LogP contribution in [0.15, 0.2) is 47.7 Å². The highest BCUT2D eigenvalue weighted by atomic mass is 127. The molecule has 3 aromatic rings. The number of aryl methyl sites for hydroxylation is 1. The lowest BCUT2D eigenvalue weighted by molar-refractivity contribution is 0.320. The number of nitrogens with one attached hydrogen (secondary N) is 3. The topological polar surface area (TPSA) is 92.8 Å². The number of guanidine groups is 1. The number of hydrogen-bond donors (Lipinski definition) is 3. The smallest absolute Gasteiger partial charge is 0.191 e. The number of pyridine rings is 1. The molecule has 0 radical (unpaired) electrons. The SMILES string of the molecule is CN=C(NCCCc1cc2c(OC)cc(OC)cc2[nH]1)NCCOc1cccnc1.I. The van der Waals surface area contributed by atoms with E-state index < -0.39 is 0 Å². The third-order valence-electron chi connectivity index (χ3n) is 4.62. The zero-order valence-corrected chi connectivity index (χ0v) is 20.4. The summed E-state index contributed by atoms with van der Waals surface area (Å²) in [6.07, 6.45) is 5.29. The van der Waals surface area contributed by atoms with Crippen molar-refractivity contribution in [3.63, 3.8) is 0 Å². The monoisotopic (exact) mass is 539 g/mol. The summed E-state index contributed by atoms with van der Waals surface area (Å²) in [5.74, 6) is 3.10. The minimum Gasteiger partial charge on any atom is -0.497 e. The van der Waals surface area contributed by atoms with E-state index in [9.17, 15) is 0 Å². The van der Waals surface area contributed by atoms with E-state index in [4.69, 9.17) is 14.2 Å². The van der Waals surface area contributed by atoms with Crippen LogP contribution >= 0.6 is 24.0 Å². The Bertz CT molecular complexity index is 962. The maximum atomic E-state index is 5.62. The second-order valence-electron chi connectivity index (χ2n) is 6.65. The van der Waals surface area contributed by atoms with Gasteiger partial charge in [-0.2, -0.15) is 0 Å². The van der Waals surface area contributed by atoms with Gasteiger partial charge in [0.2, 0.25) is 0 Å². The van der Waals surface area contributed by atoms with E-state index in [-0.39, 0.29) is 24.0 Å². The van der Waals surface area contributed by atoms with Crippen LogP contribution in [0, 0.1) is 0 Å². The Morgan fingerprint density at radius 1 is 1.10 bits per heavy atom. The molecular weight excluding hydrogens is 509 g/mol. The Labute approximate surface area is 199 Å². The van der Waals surface area contributed by atoms with Gasteiger partial charge in [0, 0.05) is 43.0 Å². The first-order chi connectivity index (χ1) is 14.7. The zero-order valence-electron chi connectivity index (χ0n) is 18.1. The first kappa shape index (κ1) is 24.6. The fourth-order valence-electron chi connectivity index (χ4n) is 3.14. The van der Waals surface area contributed by atoms with Crippen LogP contribution in [0.5, 0.6) is 17.2 Å². The number of methoxy groups -OCH3 is 2. The molecule has 0 bridgehead atoms. The lowest BCUT2D eigenvalue weighted by Crippen LogP contribution is -2.39. The summed E-state index contributed by atoms with van der Waals surface area (Å²) >= 11 is 0. The van der Waals surface area contributed by atoms with Crippen LogP contribution in [0.2, 0.25) is 0 Å². The van der Waals surface area contributed by atoms with E-state index in [1.165, 1.54) is 0 Å². The predicted molar refractivity (Wildman–Crippen MR) is 134 cm³/mol. The number of aromatic nitrogens is 2. The van der Waals surface area contributed by atoms with Crippen molar-refractivity contribution in [2.24, 2.45) is 4.99 Å². The van der Waals surface area contributed by atoms with Crippen LogP contribution < -0.4 is 24.8 Å². The molecule has 31 heavy (non-hydrogen) atoms. The van der Waals surface area contributed by atoms with Crippen molar-refractivity contribution < 1.29 is 14.2 Å². The van der Waals surface area contributed by atoms with Gasteiger partial charge in [-0.05, 0) is 31.0 Å². The van der Waals surface area contributed by atoms with Gasteiger partial charge >= 0.3 is 0 Å². The van der Waals surface area contributed by atoms with Gasteiger partial charge in [0.1, 0.15) is 23.9 Å². The van der Waals surface area contributed by atoms with Gasteiger partial charge in [-0.15, -0.1) is 24.0 Å². The number of benzene rings is 1. The van der Waals surface area contributed by atoms with Gasteiger partial charge in [0.05, 0.1) is 32.5 Å². The molecule has 0 unspecified atom stereocenters. The Balaban J connectivity index is 0.00000341. The number of ether oxygens (including phenoxy) is 3. The number of H-pyrrole nitrogens is 1. The summed E-state index contributed by atoms with van der Waals surface area (Å²) in [6.45, 7) is 1.99. The quantitative estimate of drug-likeness (QED) is 0.158. The minimum atomic E-state index is 0. The highest BCUT2D eigenvalue weighted by Crippen LogP contribution is 2.31. The molecule has 2 heterocycles. The highest BCUT2D eigenvalue weighted by Gasteiger charge is 2.09. The normalized spacial score (nSPS) is 11.0. The standard InChI is InChI=1S/C22H29N5O3.HI/c1-23-22(26-10-11-30-17-7-5-8-24-15-17)25-9-4-6-16-12-19-20(27-16)13-18(28-2)14-21(19)29-3;/h5,7-8,12-15,27H,4,6,9-11H2,1-3H3,(H2,23,25,26);1H. The molecule has 168 valence electrons. The number of halogens is 1. The van der Waals surface area contributed by atoms with E-state index >= 15 is 0 Å². The van der Waals surface area contributed by atoms with Gasteiger partial charge in [-0.3, -0.25) is 9.98 Å². The Kier molecular flexibility index (Phi) is 10.2. The summed E-state index contributed by atoms with van der Waals surface area (Å²) in [6, 6.07) is 9.75. The Morgan fingerprint density at radius 3 is 2.65 bits per heavy atom. The summed E-state index contributed by atoms with van der Waals surface area (Å²) < 4.78 is 16.4. The molecule has 2 aromatic heterocycles. The molecule has 0 saturated heterocycles. The van der Waals surface area contributed by atoms with Crippen LogP contribution in [0.25, 0.3) is 10.9 Å². The van der Waals surface area contributed by atoms with Crippen LogP contribution in [0.1, 0.15) is 12.1 Å². The number of rotatable bonds is 10. The second kappa shape index (κ2) is 12.9. The van der Waals surface area contributed by atoms with Crippen molar-refractivity contribution in [2.45, 2.75) is 12.8 Å². The number of nitrogens with zero attached hydrogens (tertiary/aromatic N) is 2. The zero-order chi connectivity index (χ0) is 21.2. The molecule has 0 fully saturated rings. The Hall–Kier alpha value is -2.69. The number of aliphatic imine (C=N–C) groups is 1. The van der Waals surface area contributed by atoms with Crippen LogP contribution in [-0.4, -0.2) is 56.9 Å². The van der Waals surface area contributed by atoms with E-state index in [1.807, 2.05) is 24.3 Å². The van der Waals surface area contributed by atoms with Crippen LogP contribution in [0.3, 0.4) is 0 Å². The molecule has 0 atom stereocenters. The molecule has 3 N–H and O–H groups in total. The molecule has 0 aliphatic heterocycles. The third kappa shape index (κ3) is 7.20. The van der Waals surface area contributed by atoms with E-state index in [0.717, 1.165) is 59.2 Å². The number of hydrogen-bond acceptors (Lipinski definition) is 5. The van der Waals surface area contributed by atoms with Crippen molar-refractivity contribution in [1.29, 1.82) is 0 Å². The van der Waals surface area contributed by atoms with Gasteiger partial charge in [-0.1, -0.05) is 0 Å². The molecular formula is C22H30IN5O3. The lowest BCUT2D eigenvalue weighted by atomic mass is 10.2. The molecule has 0 amide bonds. The molecule has 0 aliphatic rings. The third-order valence-corrected chi connectivity index (χ3v) is 4.62. The van der Waals surface area contributed by atoms with E-state index in [0.29, 0.717) is 13.2 Å². The van der Waals surface area contributed by atoms with Crippen molar-refractivity contribution in [3.05, 3.63) is 48.4 Å². The van der Waals surface area contributed by atoms with Crippen molar-refractivity contribution in [1.82, 2.24) is 20.6 Å².